The fourth-order valence-electron chi connectivity index (χ4n) is 6.78. The average Bonchev–Trinajstić information content (AvgIpc) is 3.19. The Balaban J connectivity index is 0.938. The van der Waals surface area contributed by atoms with Crippen molar-refractivity contribution in [2.24, 2.45) is 0 Å². The molecule has 4 heteroatoms. The molecule has 264 valence electrons. The van der Waals surface area contributed by atoms with Crippen molar-refractivity contribution in [3.05, 3.63) is 168 Å². The highest BCUT2D eigenvalue weighted by Crippen LogP contribution is 2.30. The first-order valence-corrected chi connectivity index (χ1v) is 18.6. The molecule has 4 nitrogen and oxygen atoms in total. The van der Waals surface area contributed by atoms with E-state index in [-0.39, 0.29) is 10.8 Å². The van der Waals surface area contributed by atoms with Gasteiger partial charge in [-0.3, -0.25) is 0 Å². The predicted octanol–water partition coefficient (Wildman–Crippen LogP) is 13.0. The van der Waals surface area contributed by atoms with Gasteiger partial charge in [-0.1, -0.05) is 151 Å². The summed E-state index contributed by atoms with van der Waals surface area (Å²) >= 11 is 0. The van der Waals surface area contributed by atoms with Gasteiger partial charge in [-0.2, -0.15) is 0 Å². The number of rotatable bonds is 6. The summed E-state index contributed by atoms with van der Waals surface area (Å²) in [5.41, 5.74) is 11.4. The number of hydrogen-bond acceptors (Lipinski definition) is 4. The van der Waals surface area contributed by atoms with Crippen LogP contribution in [0.3, 0.4) is 0 Å². The van der Waals surface area contributed by atoms with Crippen LogP contribution in [0.4, 0.5) is 0 Å². The van der Waals surface area contributed by atoms with Crippen LogP contribution in [0, 0.1) is 0 Å². The molecule has 0 aliphatic heterocycles. The summed E-state index contributed by atoms with van der Waals surface area (Å²) < 4.78 is 0. The predicted molar refractivity (Wildman–Crippen MR) is 227 cm³/mol. The fourth-order valence-corrected chi connectivity index (χ4v) is 6.78. The van der Waals surface area contributed by atoms with Crippen LogP contribution in [0.5, 0.6) is 0 Å². The van der Waals surface area contributed by atoms with Gasteiger partial charge in [0.1, 0.15) is 0 Å². The standard InChI is InChI=1S/C50H44N4/c1-49(2,3)45-21-17-35(18-22-45)47-51-29-43(30-52-47)41-15-13-37-25-33(9-11-39(37)27-41)7-8-34-10-12-40-28-42(16-14-38(40)26-34)44-31-53-48(54-32-44)36-19-23-46(24-20-36)50(4,5)6/h7-32H,1-6H3. The smallest absolute Gasteiger partial charge is 0.159 e. The van der Waals surface area contributed by atoms with Crippen molar-refractivity contribution < 1.29 is 0 Å². The van der Waals surface area contributed by atoms with Gasteiger partial charge in [-0.05, 0) is 90.0 Å². The Morgan fingerprint density at radius 2 is 0.648 bits per heavy atom. The lowest BCUT2D eigenvalue weighted by molar-refractivity contribution is 0.590. The van der Waals surface area contributed by atoms with E-state index in [1.165, 1.54) is 32.7 Å². The lowest BCUT2D eigenvalue weighted by atomic mass is 9.86. The molecule has 0 saturated carbocycles. The molecular weight excluding hydrogens is 657 g/mol. The molecule has 8 aromatic rings. The van der Waals surface area contributed by atoms with Gasteiger partial charge in [0.05, 0.1) is 0 Å². The first-order chi connectivity index (χ1) is 26.0. The normalized spacial score (nSPS) is 12.2. The molecule has 2 heterocycles. The van der Waals surface area contributed by atoms with E-state index in [1.807, 2.05) is 24.8 Å². The van der Waals surface area contributed by atoms with E-state index in [4.69, 9.17) is 19.9 Å². The number of fused-ring (bicyclic) bond motifs is 2. The van der Waals surface area contributed by atoms with Gasteiger partial charge >= 0.3 is 0 Å². The maximum Gasteiger partial charge on any atom is 0.159 e. The molecule has 0 spiro atoms. The highest BCUT2D eigenvalue weighted by atomic mass is 14.9. The molecule has 0 radical (unpaired) electrons. The molecule has 0 N–H and O–H groups in total. The van der Waals surface area contributed by atoms with E-state index in [2.05, 4.69) is 175 Å². The molecule has 2 aromatic heterocycles. The highest BCUT2D eigenvalue weighted by Gasteiger charge is 2.15. The van der Waals surface area contributed by atoms with Gasteiger partial charge in [-0.25, -0.2) is 19.9 Å². The van der Waals surface area contributed by atoms with Crippen LogP contribution in [-0.4, -0.2) is 19.9 Å². The van der Waals surface area contributed by atoms with E-state index in [1.54, 1.807) is 0 Å². The average molecular weight is 701 g/mol. The minimum absolute atomic E-state index is 0.118. The van der Waals surface area contributed by atoms with Gasteiger partial charge < -0.3 is 0 Å². The number of hydrogen-bond donors (Lipinski definition) is 0. The Morgan fingerprint density at radius 1 is 0.333 bits per heavy atom. The maximum absolute atomic E-state index is 4.70. The highest BCUT2D eigenvalue weighted by molar-refractivity contribution is 5.92. The number of nitrogens with zero attached hydrogens (tertiary/aromatic N) is 4. The van der Waals surface area contributed by atoms with Crippen LogP contribution >= 0.6 is 0 Å². The van der Waals surface area contributed by atoms with E-state index < -0.39 is 0 Å². The molecule has 0 amide bonds. The first kappa shape index (κ1) is 34.8. The van der Waals surface area contributed by atoms with Crippen LogP contribution in [-0.2, 0) is 10.8 Å². The van der Waals surface area contributed by atoms with Crippen LogP contribution in [0.1, 0.15) is 63.8 Å². The molecule has 8 rings (SSSR count). The van der Waals surface area contributed by atoms with Crippen molar-refractivity contribution in [2.75, 3.05) is 0 Å². The minimum atomic E-state index is 0.118. The van der Waals surface area contributed by atoms with Crippen molar-refractivity contribution in [3.63, 3.8) is 0 Å². The third-order valence-corrected chi connectivity index (χ3v) is 10.2. The minimum Gasteiger partial charge on any atom is -0.236 e. The van der Waals surface area contributed by atoms with Crippen molar-refractivity contribution in [1.82, 2.24) is 19.9 Å². The number of benzene rings is 6. The molecule has 0 bridgehead atoms. The third kappa shape index (κ3) is 7.47. The van der Waals surface area contributed by atoms with Gasteiger partial charge in [-0.15, -0.1) is 0 Å². The second kappa shape index (κ2) is 13.9. The largest absolute Gasteiger partial charge is 0.236 e. The van der Waals surface area contributed by atoms with Gasteiger partial charge in [0, 0.05) is 47.0 Å². The zero-order valence-electron chi connectivity index (χ0n) is 31.8. The molecule has 0 aliphatic carbocycles. The van der Waals surface area contributed by atoms with Gasteiger partial charge in [0.25, 0.3) is 0 Å². The first-order valence-electron chi connectivity index (χ1n) is 18.6. The van der Waals surface area contributed by atoms with Crippen molar-refractivity contribution in [1.29, 1.82) is 0 Å². The summed E-state index contributed by atoms with van der Waals surface area (Å²) in [6.45, 7) is 13.3. The van der Waals surface area contributed by atoms with E-state index in [0.29, 0.717) is 0 Å². The quantitative estimate of drug-likeness (QED) is 0.162. The Hall–Kier alpha value is -6.26. The van der Waals surface area contributed by atoms with Gasteiger partial charge in [0.15, 0.2) is 11.6 Å². The van der Waals surface area contributed by atoms with Crippen LogP contribution in [0.2, 0.25) is 0 Å². The molecule has 0 fully saturated rings. The fraction of sp³-hybridized carbons (Fsp3) is 0.160. The second-order valence-electron chi connectivity index (χ2n) is 16.2. The monoisotopic (exact) mass is 700 g/mol. The van der Waals surface area contributed by atoms with Crippen LogP contribution < -0.4 is 0 Å². The maximum atomic E-state index is 4.70. The van der Waals surface area contributed by atoms with Crippen LogP contribution in [0.15, 0.2) is 146 Å². The molecule has 54 heavy (non-hydrogen) atoms. The SMILES string of the molecule is CC(C)(C)c1ccc(-c2ncc(-c3ccc4cc(C=Cc5ccc6cc(-c7cnc(-c8ccc(C(C)(C)C)cc8)nc7)ccc6c5)ccc4c3)cn2)cc1. The number of aromatic nitrogens is 4. The summed E-state index contributed by atoms with van der Waals surface area (Å²) in [4.78, 5) is 18.8. The summed E-state index contributed by atoms with van der Waals surface area (Å²) in [7, 11) is 0. The Bertz CT molecular complexity index is 2440. The Labute approximate surface area is 318 Å². The lowest BCUT2D eigenvalue weighted by Gasteiger charge is -2.19. The van der Waals surface area contributed by atoms with Crippen molar-refractivity contribution >= 4 is 33.7 Å². The zero-order chi connectivity index (χ0) is 37.5. The lowest BCUT2D eigenvalue weighted by Crippen LogP contribution is -2.10. The molecule has 0 aliphatic rings. The zero-order valence-corrected chi connectivity index (χ0v) is 31.8. The summed E-state index contributed by atoms with van der Waals surface area (Å²) in [6, 6.07) is 43.4. The molecule has 0 unspecified atom stereocenters. The molecule has 0 saturated heterocycles. The molecule has 6 aromatic carbocycles. The van der Waals surface area contributed by atoms with Crippen LogP contribution in [0.25, 0.3) is 78.7 Å². The summed E-state index contributed by atoms with van der Waals surface area (Å²) in [6.07, 6.45) is 12.0. The van der Waals surface area contributed by atoms with E-state index >= 15 is 0 Å². The summed E-state index contributed by atoms with van der Waals surface area (Å²) in [5, 5.41) is 4.75. The van der Waals surface area contributed by atoms with E-state index in [0.717, 1.165) is 56.2 Å². The van der Waals surface area contributed by atoms with Gasteiger partial charge in [0.2, 0.25) is 0 Å². The summed E-state index contributed by atoms with van der Waals surface area (Å²) in [5.74, 6) is 1.48. The van der Waals surface area contributed by atoms with Crippen molar-refractivity contribution in [2.45, 2.75) is 52.4 Å². The Kier molecular flexibility index (Phi) is 8.99. The topological polar surface area (TPSA) is 51.6 Å². The third-order valence-electron chi connectivity index (χ3n) is 10.2. The van der Waals surface area contributed by atoms with E-state index in [9.17, 15) is 0 Å². The Morgan fingerprint density at radius 3 is 1.00 bits per heavy atom. The van der Waals surface area contributed by atoms with Crippen molar-refractivity contribution in [3.8, 4) is 45.0 Å². The molecular formula is C50H44N4. The molecule has 0 atom stereocenters. The second-order valence-corrected chi connectivity index (χ2v) is 16.2.